The smallest absolute Gasteiger partial charge is 0.308 e. The molecule has 1 aliphatic heterocycles. The molecule has 0 bridgehead atoms. The van der Waals surface area contributed by atoms with Gasteiger partial charge in [-0.15, -0.1) is 0 Å². The van der Waals surface area contributed by atoms with Gasteiger partial charge >= 0.3 is 5.97 Å². The van der Waals surface area contributed by atoms with Crippen molar-refractivity contribution in [1.29, 1.82) is 0 Å². The van der Waals surface area contributed by atoms with Gasteiger partial charge in [-0.2, -0.15) is 0 Å². The summed E-state index contributed by atoms with van der Waals surface area (Å²) in [6.07, 6.45) is 3.36. The summed E-state index contributed by atoms with van der Waals surface area (Å²) in [5.41, 5.74) is 0.408. The van der Waals surface area contributed by atoms with Gasteiger partial charge in [0, 0.05) is 25.3 Å². The number of carbonyl (C=O) groups excluding carboxylic acids is 1. The van der Waals surface area contributed by atoms with E-state index in [1.54, 1.807) is 18.2 Å². The van der Waals surface area contributed by atoms with Gasteiger partial charge in [-0.05, 0) is 43.4 Å². The lowest BCUT2D eigenvalue weighted by Crippen LogP contribution is -2.39. The molecule has 0 spiro atoms. The van der Waals surface area contributed by atoms with E-state index in [1.807, 2.05) is 0 Å². The molecule has 1 aromatic rings. The van der Waals surface area contributed by atoms with Crippen LogP contribution in [0.4, 0.5) is 0 Å². The molecule has 1 atom stereocenters. The van der Waals surface area contributed by atoms with E-state index in [0.717, 1.165) is 12.8 Å². The Labute approximate surface area is 160 Å². The predicted octanol–water partition coefficient (Wildman–Crippen LogP) is 2.73. The number of carbonyl (C=O) groups is 2. The second-order valence-electron chi connectivity index (χ2n) is 6.67. The number of amides is 1. The van der Waals surface area contributed by atoms with E-state index < -0.39 is 11.9 Å². The number of rotatable bonds is 10. The van der Waals surface area contributed by atoms with Crippen LogP contribution < -0.4 is 14.8 Å². The first kappa shape index (κ1) is 21.0. The maximum absolute atomic E-state index is 12.5. The quantitative estimate of drug-likeness (QED) is 0.607. The monoisotopic (exact) mass is 379 g/mol. The van der Waals surface area contributed by atoms with Crippen molar-refractivity contribution in [1.82, 2.24) is 5.32 Å². The summed E-state index contributed by atoms with van der Waals surface area (Å²) in [6.45, 7) is 3.90. The number of hydrogen-bond donors (Lipinski definition) is 2. The van der Waals surface area contributed by atoms with Gasteiger partial charge in [0.15, 0.2) is 11.5 Å². The van der Waals surface area contributed by atoms with Crippen molar-refractivity contribution in [2.75, 3.05) is 33.5 Å². The summed E-state index contributed by atoms with van der Waals surface area (Å²) in [6, 6.07) is 4.97. The third-order valence-corrected chi connectivity index (χ3v) is 4.82. The highest BCUT2D eigenvalue weighted by atomic mass is 16.5. The average Bonchev–Trinajstić information content (AvgIpc) is 2.69. The molecule has 2 rings (SSSR count). The zero-order valence-electron chi connectivity index (χ0n) is 16.0. The fourth-order valence-corrected chi connectivity index (χ4v) is 3.13. The first-order chi connectivity index (χ1) is 13.1. The Balaban J connectivity index is 1.98. The normalized spacial score (nSPS) is 15.8. The fourth-order valence-electron chi connectivity index (χ4n) is 3.13. The summed E-state index contributed by atoms with van der Waals surface area (Å²) in [4.78, 5) is 24.1. The molecule has 2 N–H and O–H groups in total. The van der Waals surface area contributed by atoms with Crippen molar-refractivity contribution in [2.24, 2.45) is 11.8 Å². The minimum atomic E-state index is -0.889. The highest BCUT2D eigenvalue weighted by Gasteiger charge is 2.30. The van der Waals surface area contributed by atoms with Crippen molar-refractivity contribution in [3.05, 3.63) is 23.8 Å². The van der Waals surface area contributed by atoms with Crippen molar-refractivity contribution < 1.29 is 28.9 Å². The largest absolute Gasteiger partial charge is 0.493 e. The van der Waals surface area contributed by atoms with Crippen molar-refractivity contribution in [2.45, 2.75) is 32.6 Å². The number of unbranched alkanes of at least 4 members (excludes halogenated alkanes) is 1. The molecule has 150 valence electrons. The fraction of sp³-hybridized carbons (Fsp3) is 0.600. The van der Waals surface area contributed by atoms with Crippen LogP contribution in [0.3, 0.4) is 0 Å². The second kappa shape index (κ2) is 10.8. The first-order valence-corrected chi connectivity index (χ1v) is 9.46. The summed E-state index contributed by atoms with van der Waals surface area (Å²) in [7, 11) is 1.52. The summed E-state index contributed by atoms with van der Waals surface area (Å²) in [5.74, 6) is -0.742. The zero-order chi connectivity index (χ0) is 19.6. The average molecular weight is 379 g/mol. The van der Waals surface area contributed by atoms with Gasteiger partial charge in [0.1, 0.15) is 0 Å². The summed E-state index contributed by atoms with van der Waals surface area (Å²) >= 11 is 0. The van der Waals surface area contributed by atoms with Gasteiger partial charge in [-0.1, -0.05) is 13.3 Å². The van der Waals surface area contributed by atoms with E-state index in [-0.39, 0.29) is 18.4 Å². The zero-order valence-corrected chi connectivity index (χ0v) is 16.0. The van der Waals surface area contributed by atoms with Crippen LogP contribution in [0.25, 0.3) is 0 Å². The van der Waals surface area contributed by atoms with Crippen LogP contribution in [-0.2, 0) is 9.53 Å². The van der Waals surface area contributed by atoms with Crippen molar-refractivity contribution in [3.63, 3.8) is 0 Å². The van der Waals surface area contributed by atoms with Gasteiger partial charge in [-0.3, -0.25) is 9.59 Å². The number of carboxylic acid groups (broad SMARTS) is 1. The Kier molecular flexibility index (Phi) is 8.39. The van der Waals surface area contributed by atoms with Gasteiger partial charge in [0.25, 0.3) is 5.91 Å². The maximum Gasteiger partial charge on any atom is 0.308 e. The summed E-state index contributed by atoms with van der Waals surface area (Å²) in [5, 5.41) is 12.2. The lowest BCUT2D eigenvalue weighted by molar-refractivity contribution is -0.144. The number of methoxy groups -OCH3 is 1. The van der Waals surface area contributed by atoms with E-state index in [4.69, 9.17) is 14.2 Å². The molecule has 1 fully saturated rings. The second-order valence-corrected chi connectivity index (χ2v) is 6.67. The van der Waals surface area contributed by atoms with Crippen molar-refractivity contribution in [3.8, 4) is 11.5 Å². The molecular formula is C20H29NO6. The Hall–Kier alpha value is -2.28. The molecule has 1 amide bonds. The van der Waals surface area contributed by atoms with Crippen LogP contribution in [-0.4, -0.2) is 50.5 Å². The third-order valence-electron chi connectivity index (χ3n) is 4.82. The van der Waals surface area contributed by atoms with E-state index >= 15 is 0 Å². The molecule has 1 unspecified atom stereocenters. The Morgan fingerprint density at radius 3 is 2.67 bits per heavy atom. The molecule has 0 radical (unpaired) electrons. The van der Waals surface area contributed by atoms with Gasteiger partial charge in [-0.25, -0.2) is 0 Å². The molecule has 0 saturated carbocycles. The standard InChI is InChI=1S/C20H29NO6/c1-3-4-9-27-17-6-5-15(12-18(17)25-2)19(22)21-13-16(20(23)24)14-7-10-26-11-8-14/h5-6,12,14,16H,3-4,7-11,13H2,1-2H3,(H,21,22)(H,23,24). The molecule has 7 nitrogen and oxygen atoms in total. The molecule has 1 heterocycles. The molecular weight excluding hydrogens is 350 g/mol. The van der Waals surface area contributed by atoms with Crippen LogP contribution in [0.2, 0.25) is 0 Å². The topological polar surface area (TPSA) is 94.1 Å². The van der Waals surface area contributed by atoms with E-state index in [0.29, 0.717) is 49.7 Å². The number of hydrogen-bond acceptors (Lipinski definition) is 5. The number of nitrogens with one attached hydrogen (secondary N) is 1. The number of ether oxygens (including phenoxy) is 3. The van der Waals surface area contributed by atoms with Crippen molar-refractivity contribution >= 4 is 11.9 Å². The minimum Gasteiger partial charge on any atom is -0.493 e. The highest BCUT2D eigenvalue weighted by molar-refractivity contribution is 5.95. The van der Waals surface area contributed by atoms with Crippen LogP contribution in [0.5, 0.6) is 11.5 Å². The highest BCUT2D eigenvalue weighted by Crippen LogP contribution is 2.28. The maximum atomic E-state index is 12.5. The Bertz CT molecular complexity index is 627. The molecule has 1 saturated heterocycles. The minimum absolute atomic E-state index is 0.0143. The molecule has 1 aliphatic rings. The summed E-state index contributed by atoms with van der Waals surface area (Å²) < 4.78 is 16.3. The molecule has 1 aromatic carbocycles. The number of aliphatic carboxylic acids is 1. The van der Waals surface area contributed by atoms with E-state index in [2.05, 4.69) is 12.2 Å². The van der Waals surface area contributed by atoms with Gasteiger partial charge in [0.05, 0.1) is 19.6 Å². The third kappa shape index (κ3) is 6.13. The molecule has 0 aliphatic carbocycles. The van der Waals surface area contributed by atoms with Gasteiger partial charge < -0.3 is 24.6 Å². The Morgan fingerprint density at radius 1 is 1.30 bits per heavy atom. The van der Waals surface area contributed by atoms with E-state index in [1.165, 1.54) is 7.11 Å². The number of carboxylic acids is 1. The lowest BCUT2D eigenvalue weighted by atomic mass is 9.86. The first-order valence-electron chi connectivity index (χ1n) is 9.46. The molecule has 27 heavy (non-hydrogen) atoms. The number of benzene rings is 1. The molecule has 0 aromatic heterocycles. The van der Waals surface area contributed by atoms with Crippen LogP contribution >= 0.6 is 0 Å². The SMILES string of the molecule is CCCCOc1ccc(C(=O)NCC(C(=O)O)C2CCOCC2)cc1OC. The Morgan fingerprint density at radius 2 is 2.04 bits per heavy atom. The van der Waals surface area contributed by atoms with Crippen LogP contribution in [0, 0.1) is 11.8 Å². The molecule has 7 heteroatoms. The lowest BCUT2D eigenvalue weighted by Gasteiger charge is -2.27. The van der Waals surface area contributed by atoms with E-state index in [9.17, 15) is 14.7 Å². The van der Waals surface area contributed by atoms with Crippen LogP contribution in [0.15, 0.2) is 18.2 Å². The van der Waals surface area contributed by atoms with Crippen LogP contribution in [0.1, 0.15) is 43.0 Å². The predicted molar refractivity (Wildman–Crippen MR) is 100 cm³/mol. The van der Waals surface area contributed by atoms with Gasteiger partial charge in [0.2, 0.25) is 0 Å².